The van der Waals surface area contributed by atoms with Crippen molar-refractivity contribution in [3.05, 3.63) is 23.3 Å². The molecule has 0 heterocycles. The number of fused-ring (bicyclic) bond motifs is 5. The summed E-state index contributed by atoms with van der Waals surface area (Å²) in [7, 11) is 0. The summed E-state index contributed by atoms with van der Waals surface area (Å²) in [5.41, 5.74) is 3.26. The normalized spacial score (nSPS) is 39.6. The van der Waals surface area contributed by atoms with E-state index in [0.29, 0.717) is 10.8 Å². The first kappa shape index (κ1) is 26.0. The van der Waals surface area contributed by atoms with E-state index >= 15 is 0 Å². The molecule has 4 aliphatic carbocycles. The standard InChI is InChI=1S/C32H52O2/c1-6-8-9-10-11-12-13-24-15-17-28-27-16-14-25-22-26(34-30(33)23(3)7-2)18-20-32(25,5)29(27)19-21-31(24,28)4/h7,14,24,26-29H,6,8-13,15-22H2,1-5H3/b23-7-/t24-,26-,27-,28+,29-,31+,32-/m0/s1. The van der Waals surface area contributed by atoms with Crippen LogP contribution in [-0.2, 0) is 9.53 Å². The molecule has 0 bridgehead atoms. The molecule has 0 aromatic heterocycles. The van der Waals surface area contributed by atoms with Crippen LogP contribution in [0.15, 0.2) is 23.3 Å². The molecule has 0 radical (unpaired) electrons. The highest BCUT2D eigenvalue weighted by atomic mass is 16.5. The summed E-state index contributed by atoms with van der Waals surface area (Å²) in [5.74, 6) is 3.49. The first-order valence-corrected chi connectivity index (χ1v) is 14.9. The second-order valence-electron chi connectivity index (χ2n) is 12.9. The Bertz CT molecular complexity index is 778. The zero-order chi connectivity index (χ0) is 24.3. The van der Waals surface area contributed by atoms with Crippen LogP contribution in [0.5, 0.6) is 0 Å². The van der Waals surface area contributed by atoms with Gasteiger partial charge in [-0.3, -0.25) is 0 Å². The number of hydrogen-bond donors (Lipinski definition) is 0. The van der Waals surface area contributed by atoms with Gasteiger partial charge in [0.15, 0.2) is 0 Å². The van der Waals surface area contributed by atoms with Crippen molar-refractivity contribution >= 4 is 5.97 Å². The van der Waals surface area contributed by atoms with Crippen molar-refractivity contribution in [1.29, 1.82) is 0 Å². The summed E-state index contributed by atoms with van der Waals surface area (Å²) in [6.07, 6.45) is 24.8. The molecule has 0 aromatic carbocycles. The van der Waals surface area contributed by atoms with Crippen molar-refractivity contribution in [3.8, 4) is 0 Å². The topological polar surface area (TPSA) is 26.3 Å². The molecule has 2 heteroatoms. The lowest BCUT2D eigenvalue weighted by atomic mass is 9.47. The van der Waals surface area contributed by atoms with Gasteiger partial charge < -0.3 is 4.74 Å². The van der Waals surface area contributed by atoms with Gasteiger partial charge in [0.1, 0.15) is 6.10 Å². The molecule has 4 aliphatic rings. The number of rotatable bonds is 9. The van der Waals surface area contributed by atoms with E-state index < -0.39 is 0 Å². The Labute approximate surface area is 210 Å². The minimum atomic E-state index is -0.124. The molecule has 0 unspecified atom stereocenters. The SMILES string of the molecule is C/C=C(/C)C(=O)O[C@H]1CC[C@@]2(C)C(=CC[C@H]3[C@H]4CC[C@H](CCCCCCCC)[C@@]4(C)CC[C@@H]32)C1. The van der Waals surface area contributed by atoms with Crippen molar-refractivity contribution in [3.63, 3.8) is 0 Å². The Hall–Kier alpha value is -1.05. The fraction of sp³-hybridized carbons (Fsp3) is 0.844. The van der Waals surface area contributed by atoms with Gasteiger partial charge >= 0.3 is 5.97 Å². The molecule has 4 rings (SSSR count). The predicted molar refractivity (Wildman–Crippen MR) is 142 cm³/mol. The largest absolute Gasteiger partial charge is 0.459 e. The van der Waals surface area contributed by atoms with Gasteiger partial charge in [0.2, 0.25) is 0 Å². The van der Waals surface area contributed by atoms with Crippen LogP contribution in [0.4, 0.5) is 0 Å². The molecule has 0 amide bonds. The van der Waals surface area contributed by atoms with E-state index in [2.05, 4.69) is 26.8 Å². The molecule has 3 saturated carbocycles. The molecule has 3 fully saturated rings. The fourth-order valence-corrected chi connectivity index (χ4v) is 8.84. The maximum atomic E-state index is 12.3. The average Bonchev–Trinajstić information content (AvgIpc) is 3.17. The third kappa shape index (κ3) is 4.94. The van der Waals surface area contributed by atoms with Gasteiger partial charge in [-0.2, -0.15) is 0 Å². The van der Waals surface area contributed by atoms with Gasteiger partial charge in [0.05, 0.1) is 0 Å². The Balaban J connectivity index is 1.38. The number of esters is 1. The van der Waals surface area contributed by atoms with Crippen molar-refractivity contribution < 1.29 is 9.53 Å². The molecule has 0 N–H and O–H groups in total. The highest BCUT2D eigenvalue weighted by Crippen LogP contribution is 2.66. The second-order valence-corrected chi connectivity index (χ2v) is 12.9. The van der Waals surface area contributed by atoms with Crippen LogP contribution < -0.4 is 0 Å². The Morgan fingerprint density at radius 1 is 1.03 bits per heavy atom. The number of carbonyl (C=O) groups is 1. The summed E-state index contributed by atoms with van der Waals surface area (Å²) in [6, 6.07) is 0. The molecule has 0 aliphatic heterocycles. The zero-order valence-electron chi connectivity index (χ0n) is 23.0. The molecule has 34 heavy (non-hydrogen) atoms. The maximum Gasteiger partial charge on any atom is 0.333 e. The highest BCUT2D eigenvalue weighted by molar-refractivity contribution is 5.87. The molecule has 2 nitrogen and oxygen atoms in total. The van der Waals surface area contributed by atoms with Gasteiger partial charge in [0, 0.05) is 12.0 Å². The first-order chi connectivity index (χ1) is 16.3. The van der Waals surface area contributed by atoms with E-state index in [1.54, 1.807) is 5.57 Å². The third-order valence-electron chi connectivity index (χ3n) is 11.2. The molecule has 0 saturated heterocycles. The summed E-state index contributed by atoms with van der Waals surface area (Å²) in [6.45, 7) is 11.3. The number of allylic oxidation sites excluding steroid dienone is 2. The van der Waals surface area contributed by atoms with Crippen LogP contribution in [0, 0.1) is 34.5 Å². The summed E-state index contributed by atoms with van der Waals surface area (Å²) < 4.78 is 5.89. The van der Waals surface area contributed by atoms with Crippen molar-refractivity contribution in [1.82, 2.24) is 0 Å². The molecule has 192 valence electrons. The molecule has 7 atom stereocenters. The molecule has 0 aromatic rings. The van der Waals surface area contributed by atoms with Crippen molar-refractivity contribution in [2.45, 2.75) is 137 Å². The van der Waals surface area contributed by atoms with E-state index in [1.165, 1.54) is 83.5 Å². The molecular weight excluding hydrogens is 416 g/mol. The van der Waals surface area contributed by atoms with E-state index in [0.717, 1.165) is 42.1 Å². The second kappa shape index (κ2) is 10.9. The lowest BCUT2D eigenvalue weighted by molar-refractivity contribution is -0.146. The van der Waals surface area contributed by atoms with Crippen molar-refractivity contribution in [2.75, 3.05) is 0 Å². The molecule has 0 spiro atoms. The van der Waals surface area contributed by atoms with E-state index in [1.807, 2.05) is 19.9 Å². The van der Waals surface area contributed by atoms with E-state index in [9.17, 15) is 4.79 Å². The van der Waals surface area contributed by atoms with Crippen LogP contribution >= 0.6 is 0 Å². The molecular formula is C32H52O2. The number of unbranched alkanes of at least 4 members (excludes halogenated alkanes) is 5. The summed E-state index contributed by atoms with van der Waals surface area (Å²) in [4.78, 5) is 12.3. The van der Waals surface area contributed by atoms with Gasteiger partial charge in [-0.15, -0.1) is 0 Å². The maximum absolute atomic E-state index is 12.3. The van der Waals surface area contributed by atoms with Crippen LogP contribution in [0.3, 0.4) is 0 Å². The number of carbonyl (C=O) groups excluding carboxylic acids is 1. The van der Waals surface area contributed by atoms with Gasteiger partial charge in [-0.05, 0) is 99.7 Å². The van der Waals surface area contributed by atoms with E-state index in [-0.39, 0.29) is 12.1 Å². The monoisotopic (exact) mass is 468 g/mol. The predicted octanol–water partition coefficient (Wildman–Crippen LogP) is 9.19. The smallest absolute Gasteiger partial charge is 0.333 e. The van der Waals surface area contributed by atoms with Crippen LogP contribution in [0.1, 0.15) is 131 Å². The van der Waals surface area contributed by atoms with E-state index in [4.69, 9.17) is 4.74 Å². The fourth-order valence-electron chi connectivity index (χ4n) is 8.84. The Kier molecular flexibility index (Phi) is 8.36. The average molecular weight is 469 g/mol. The highest BCUT2D eigenvalue weighted by Gasteiger charge is 2.58. The quantitative estimate of drug-likeness (QED) is 0.146. The Morgan fingerprint density at radius 2 is 1.79 bits per heavy atom. The minimum Gasteiger partial charge on any atom is -0.459 e. The summed E-state index contributed by atoms with van der Waals surface area (Å²) >= 11 is 0. The van der Waals surface area contributed by atoms with Gasteiger partial charge in [-0.25, -0.2) is 4.79 Å². The van der Waals surface area contributed by atoms with Crippen LogP contribution in [-0.4, -0.2) is 12.1 Å². The first-order valence-electron chi connectivity index (χ1n) is 14.9. The lowest BCUT2D eigenvalue weighted by Gasteiger charge is -2.58. The summed E-state index contributed by atoms with van der Waals surface area (Å²) in [5, 5.41) is 0. The van der Waals surface area contributed by atoms with Crippen molar-refractivity contribution in [2.24, 2.45) is 34.5 Å². The Morgan fingerprint density at radius 3 is 2.56 bits per heavy atom. The van der Waals surface area contributed by atoms with Crippen LogP contribution in [0.25, 0.3) is 0 Å². The minimum absolute atomic E-state index is 0.0697. The lowest BCUT2D eigenvalue weighted by Crippen LogP contribution is -2.50. The zero-order valence-corrected chi connectivity index (χ0v) is 23.0. The van der Waals surface area contributed by atoms with Gasteiger partial charge in [0.25, 0.3) is 0 Å². The van der Waals surface area contributed by atoms with Crippen LogP contribution in [0.2, 0.25) is 0 Å². The number of hydrogen-bond acceptors (Lipinski definition) is 2. The van der Waals surface area contributed by atoms with Gasteiger partial charge in [-0.1, -0.05) is 77.0 Å². The number of ether oxygens (including phenoxy) is 1. The third-order valence-corrected chi connectivity index (χ3v) is 11.2.